The van der Waals surface area contributed by atoms with Crippen LogP contribution in [0.3, 0.4) is 0 Å². The fourth-order valence-electron chi connectivity index (χ4n) is 2.45. The molecule has 0 aliphatic rings. The Morgan fingerprint density at radius 1 is 0.850 bits per heavy atom. The maximum absolute atomic E-state index is 13.7. The van der Waals surface area contributed by atoms with Gasteiger partial charge in [-0.1, -0.05) is 80.9 Å². The Morgan fingerprint density at radius 3 is 1.85 bits per heavy atom. The van der Waals surface area contributed by atoms with E-state index in [2.05, 4.69) is 27.7 Å². The van der Waals surface area contributed by atoms with Crippen LogP contribution in [-0.2, 0) is 4.57 Å². The summed E-state index contributed by atoms with van der Waals surface area (Å²) < 4.78 is 13.7. The second-order valence-electron chi connectivity index (χ2n) is 6.63. The first-order valence-electron chi connectivity index (χ1n) is 7.03. The molecule has 0 aromatic heterocycles. The summed E-state index contributed by atoms with van der Waals surface area (Å²) in [6, 6.07) is 18.0. The molecule has 1 nitrogen and oxygen atoms in total. The standard InChI is InChI=1S/C18H23OP/c1-15-10-12-17(13-11-15)20(19,14-18(2,3)4)16-8-6-5-7-9-16/h5-13H,14H2,1-4H3/t20-/m0/s1. The summed E-state index contributed by atoms with van der Waals surface area (Å²) in [7, 11) is -2.57. The van der Waals surface area contributed by atoms with Gasteiger partial charge in [0.25, 0.3) is 0 Å². The van der Waals surface area contributed by atoms with Crippen LogP contribution in [0, 0.1) is 12.3 Å². The number of aryl methyl sites for hydroxylation is 1. The lowest BCUT2D eigenvalue weighted by Crippen LogP contribution is -2.25. The van der Waals surface area contributed by atoms with E-state index >= 15 is 0 Å². The zero-order valence-corrected chi connectivity index (χ0v) is 13.7. The molecular weight excluding hydrogens is 263 g/mol. The van der Waals surface area contributed by atoms with Crippen molar-refractivity contribution in [2.75, 3.05) is 6.16 Å². The maximum atomic E-state index is 13.7. The van der Waals surface area contributed by atoms with Crippen LogP contribution in [0.1, 0.15) is 26.3 Å². The zero-order chi connectivity index (χ0) is 14.8. The molecule has 1 atom stereocenters. The third kappa shape index (κ3) is 3.41. The lowest BCUT2D eigenvalue weighted by atomic mass is 10.0. The molecule has 106 valence electrons. The van der Waals surface area contributed by atoms with Gasteiger partial charge in [-0.25, -0.2) is 0 Å². The van der Waals surface area contributed by atoms with Crippen LogP contribution in [0.15, 0.2) is 54.6 Å². The molecule has 2 heteroatoms. The fourth-order valence-corrected chi connectivity index (χ4v) is 5.74. The first-order valence-corrected chi connectivity index (χ1v) is 8.92. The molecule has 20 heavy (non-hydrogen) atoms. The van der Waals surface area contributed by atoms with Crippen LogP contribution in [0.4, 0.5) is 0 Å². The molecule has 0 spiro atoms. The monoisotopic (exact) mass is 286 g/mol. The summed E-state index contributed by atoms with van der Waals surface area (Å²) in [5.74, 6) is 0. The molecule has 0 aliphatic carbocycles. The van der Waals surface area contributed by atoms with E-state index in [-0.39, 0.29) is 5.41 Å². The second kappa shape index (κ2) is 5.58. The van der Waals surface area contributed by atoms with Crippen molar-refractivity contribution in [1.82, 2.24) is 0 Å². The van der Waals surface area contributed by atoms with Crippen molar-refractivity contribution >= 4 is 17.8 Å². The molecule has 0 aliphatic heterocycles. The largest absolute Gasteiger partial charge is 0.314 e. The number of hydrogen-bond acceptors (Lipinski definition) is 1. The van der Waals surface area contributed by atoms with Gasteiger partial charge in [-0.3, -0.25) is 0 Å². The minimum Gasteiger partial charge on any atom is -0.314 e. The van der Waals surface area contributed by atoms with Crippen molar-refractivity contribution in [3.05, 3.63) is 60.2 Å². The Kier molecular flexibility index (Phi) is 4.20. The van der Waals surface area contributed by atoms with Crippen LogP contribution < -0.4 is 10.6 Å². The molecule has 0 N–H and O–H groups in total. The molecule has 0 heterocycles. The summed E-state index contributed by atoms with van der Waals surface area (Å²) in [5.41, 5.74) is 1.22. The molecule has 0 fully saturated rings. The molecule has 0 amide bonds. The minimum absolute atomic E-state index is 0.0241. The summed E-state index contributed by atoms with van der Waals surface area (Å²) in [6.07, 6.45) is 0.688. The molecule has 0 saturated carbocycles. The number of benzene rings is 2. The molecule has 2 aromatic rings. The molecule has 0 unspecified atom stereocenters. The molecule has 2 rings (SSSR count). The highest BCUT2D eigenvalue weighted by atomic mass is 31.2. The van der Waals surface area contributed by atoms with Crippen LogP contribution >= 0.6 is 7.14 Å². The summed E-state index contributed by atoms with van der Waals surface area (Å²) in [4.78, 5) is 0. The molecule has 0 saturated heterocycles. The van der Waals surface area contributed by atoms with Gasteiger partial charge in [-0.05, 0) is 12.3 Å². The lowest BCUT2D eigenvalue weighted by Gasteiger charge is -2.27. The lowest BCUT2D eigenvalue weighted by molar-refractivity contribution is 0.466. The van der Waals surface area contributed by atoms with Crippen LogP contribution in [-0.4, -0.2) is 6.16 Å². The van der Waals surface area contributed by atoms with E-state index in [0.717, 1.165) is 10.6 Å². The molecular formula is C18H23OP. The Morgan fingerprint density at radius 2 is 1.35 bits per heavy atom. The predicted molar refractivity (Wildman–Crippen MR) is 88.8 cm³/mol. The Hall–Kier alpha value is -1.33. The van der Waals surface area contributed by atoms with Gasteiger partial charge in [0.2, 0.25) is 0 Å². The van der Waals surface area contributed by atoms with Gasteiger partial charge in [0.1, 0.15) is 7.14 Å². The third-order valence-corrected chi connectivity index (χ3v) is 6.98. The number of rotatable bonds is 3. The van der Waals surface area contributed by atoms with E-state index in [1.54, 1.807) is 0 Å². The topological polar surface area (TPSA) is 17.1 Å². The van der Waals surface area contributed by atoms with Crippen LogP contribution in [0.2, 0.25) is 0 Å². The molecule has 2 aromatic carbocycles. The van der Waals surface area contributed by atoms with Gasteiger partial charge in [-0.2, -0.15) is 0 Å². The normalized spacial score (nSPS) is 14.8. The van der Waals surface area contributed by atoms with E-state index < -0.39 is 7.14 Å². The highest BCUT2D eigenvalue weighted by molar-refractivity contribution is 7.78. The quantitative estimate of drug-likeness (QED) is 0.766. The minimum atomic E-state index is -2.57. The summed E-state index contributed by atoms with van der Waals surface area (Å²) >= 11 is 0. The average Bonchev–Trinajstić information content (AvgIpc) is 2.38. The van der Waals surface area contributed by atoms with Crippen molar-refractivity contribution < 1.29 is 4.57 Å². The van der Waals surface area contributed by atoms with Gasteiger partial charge in [0.15, 0.2) is 0 Å². The smallest absolute Gasteiger partial charge is 0.143 e. The summed E-state index contributed by atoms with van der Waals surface area (Å²) in [6.45, 7) is 8.51. The van der Waals surface area contributed by atoms with Gasteiger partial charge in [0.05, 0.1) is 0 Å². The van der Waals surface area contributed by atoms with Crippen LogP contribution in [0.25, 0.3) is 0 Å². The van der Waals surface area contributed by atoms with E-state index in [0.29, 0.717) is 6.16 Å². The highest BCUT2D eigenvalue weighted by Crippen LogP contribution is 2.48. The van der Waals surface area contributed by atoms with Crippen molar-refractivity contribution in [2.24, 2.45) is 5.41 Å². The zero-order valence-electron chi connectivity index (χ0n) is 12.8. The van der Waals surface area contributed by atoms with Gasteiger partial charge in [0, 0.05) is 16.8 Å². The second-order valence-corrected chi connectivity index (χ2v) is 9.46. The van der Waals surface area contributed by atoms with Crippen molar-refractivity contribution in [3.63, 3.8) is 0 Å². The van der Waals surface area contributed by atoms with E-state index in [9.17, 15) is 4.57 Å². The van der Waals surface area contributed by atoms with Gasteiger partial charge in [-0.15, -0.1) is 0 Å². The summed E-state index contributed by atoms with van der Waals surface area (Å²) in [5, 5.41) is 1.92. The maximum Gasteiger partial charge on any atom is 0.143 e. The van der Waals surface area contributed by atoms with Gasteiger partial charge >= 0.3 is 0 Å². The van der Waals surface area contributed by atoms with Crippen molar-refractivity contribution in [2.45, 2.75) is 27.7 Å². The number of hydrogen-bond donors (Lipinski definition) is 0. The Balaban J connectivity index is 2.55. The first kappa shape index (κ1) is 15.1. The predicted octanol–water partition coefficient (Wildman–Crippen LogP) is 4.36. The van der Waals surface area contributed by atoms with Gasteiger partial charge < -0.3 is 4.57 Å². The molecule has 0 radical (unpaired) electrons. The fraction of sp³-hybridized carbons (Fsp3) is 0.333. The highest BCUT2D eigenvalue weighted by Gasteiger charge is 2.32. The average molecular weight is 286 g/mol. The van der Waals surface area contributed by atoms with E-state index in [4.69, 9.17) is 0 Å². The van der Waals surface area contributed by atoms with Crippen molar-refractivity contribution in [1.29, 1.82) is 0 Å². The Bertz CT molecular complexity index is 606. The van der Waals surface area contributed by atoms with E-state index in [1.807, 2.05) is 54.6 Å². The Labute approximate surface area is 122 Å². The van der Waals surface area contributed by atoms with Crippen molar-refractivity contribution in [3.8, 4) is 0 Å². The van der Waals surface area contributed by atoms with E-state index in [1.165, 1.54) is 5.56 Å². The molecule has 0 bridgehead atoms. The first-order chi connectivity index (χ1) is 9.31. The third-order valence-electron chi connectivity index (χ3n) is 3.32. The van der Waals surface area contributed by atoms with Crippen LogP contribution in [0.5, 0.6) is 0 Å². The SMILES string of the molecule is Cc1ccc([P@](=O)(CC(C)(C)C)c2ccccc2)cc1.